The number of imidazole rings is 1. The number of aryl methyl sites for hydroxylation is 1. The van der Waals surface area contributed by atoms with Crippen molar-refractivity contribution in [2.45, 2.75) is 13.8 Å². The Hall–Kier alpha value is -3.56. The number of carbonyl (C=O) groups is 1. The highest BCUT2D eigenvalue weighted by molar-refractivity contribution is 6.31. The van der Waals surface area contributed by atoms with Crippen LogP contribution >= 0.6 is 11.6 Å². The highest BCUT2D eigenvalue weighted by Gasteiger charge is 2.15. The van der Waals surface area contributed by atoms with Crippen LogP contribution < -0.4 is 10.6 Å². The third kappa shape index (κ3) is 3.37. The molecule has 0 radical (unpaired) electrons. The molecule has 0 fully saturated rings. The Morgan fingerprint density at radius 2 is 2.00 bits per heavy atom. The van der Waals surface area contributed by atoms with Gasteiger partial charge in [-0.05, 0) is 55.3 Å². The van der Waals surface area contributed by atoms with Gasteiger partial charge in [-0.15, -0.1) is 0 Å². The second-order valence-electron chi connectivity index (χ2n) is 6.77. The van der Waals surface area contributed by atoms with Gasteiger partial charge >= 0.3 is 0 Å². The predicted molar refractivity (Wildman–Crippen MR) is 115 cm³/mol. The molecule has 29 heavy (non-hydrogen) atoms. The molecule has 0 saturated carbocycles. The molecule has 0 unspecified atom stereocenters. The number of hydrogen-bond donors (Lipinski definition) is 2. The first-order chi connectivity index (χ1) is 14.0. The van der Waals surface area contributed by atoms with Gasteiger partial charge in [0.1, 0.15) is 11.9 Å². The van der Waals surface area contributed by atoms with Crippen LogP contribution in [-0.4, -0.2) is 21.8 Å². The Morgan fingerprint density at radius 3 is 2.79 bits per heavy atom. The summed E-state index contributed by atoms with van der Waals surface area (Å²) in [5, 5.41) is 16.2. The van der Waals surface area contributed by atoms with Gasteiger partial charge in [0, 0.05) is 10.7 Å². The first-order valence-corrected chi connectivity index (χ1v) is 9.47. The van der Waals surface area contributed by atoms with Crippen molar-refractivity contribution in [1.29, 1.82) is 5.26 Å². The van der Waals surface area contributed by atoms with Crippen LogP contribution in [0.1, 0.15) is 16.7 Å². The normalized spacial score (nSPS) is 10.8. The maximum absolute atomic E-state index is 12.5. The lowest BCUT2D eigenvalue weighted by Crippen LogP contribution is -2.23. The Morgan fingerprint density at radius 1 is 1.21 bits per heavy atom. The number of amides is 1. The van der Waals surface area contributed by atoms with Crippen molar-refractivity contribution in [1.82, 2.24) is 9.38 Å². The molecular weight excluding hydrogens is 386 g/mol. The fourth-order valence-corrected chi connectivity index (χ4v) is 3.51. The molecule has 0 atom stereocenters. The minimum absolute atomic E-state index is 0.0545. The molecule has 0 aliphatic rings. The van der Waals surface area contributed by atoms with Crippen LogP contribution in [0.3, 0.4) is 0 Å². The van der Waals surface area contributed by atoms with E-state index in [1.54, 1.807) is 12.1 Å². The molecule has 0 aliphatic carbocycles. The predicted octanol–water partition coefficient (Wildman–Crippen LogP) is 4.68. The zero-order valence-corrected chi connectivity index (χ0v) is 16.7. The van der Waals surface area contributed by atoms with E-state index >= 15 is 0 Å². The minimum atomic E-state index is -0.199. The van der Waals surface area contributed by atoms with E-state index in [0.717, 1.165) is 22.2 Å². The number of rotatable bonds is 4. The third-order valence-corrected chi connectivity index (χ3v) is 5.27. The van der Waals surface area contributed by atoms with Gasteiger partial charge in [-0.1, -0.05) is 29.8 Å². The summed E-state index contributed by atoms with van der Waals surface area (Å²) in [7, 11) is 0. The molecule has 0 spiro atoms. The number of nitriles is 1. The largest absolute Gasteiger partial charge is 0.362 e. The summed E-state index contributed by atoms with van der Waals surface area (Å²) in [6.45, 7) is 3.77. The molecule has 1 amide bonds. The van der Waals surface area contributed by atoms with E-state index in [4.69, 9.17) is 11.6 Å². The monoisotopic (exact) mass is 403 g/mol. The van der Waals surface area contributed by atoms with Crippen molar-refractivity contribution >= 4 is 45.7 Å². The maximum Gasteiger partial charge on any atom is 0.243 e. The Bertz CT molecular complexity index is 1300. The van der Waals surface area contributed by atoms with Crippen LogP contribution in [0.4, 0.5) is 11.5 Å². The molecular formula is C22H18ClN5O. The van der Waals surface area contributed by atoms with Crippen molar-refractivity contribution in [3.8, 4) is 6.07 Å². The smallest absolute Gasteiger partial charge is 0.243 e. The number of benzene rings is 2. The van der Waals surface area contributed by atoms with Gasteiger partial charge in [0.2, 0.25) is 5.91 Å². The van der Waals surface area contributed by atoms with Crippen molar-refractivity contribution in [3.63, 3.8) is 0 Å². The van der Waals surface area contributed by atoms with Gasteiger partial charge < -0.3 is 10.6 Å². The second-order valence-corrected chi connectivity index (χ2v) is 7.18. The molecule has 0 bridgehead atoms. The lowest BCUT2D eigenvalue weighted by atomic mass is 10.1. The lowest BCUT2D eigenvalue weighted by molar-refractivity contribution is -0.114. The Balaban J connectivity index is 1.67. The third-order valence-electron chi connectivity index (χ3n) is 4.86. The first-order valence-electron chi connectivity index (χ1n) is 9.09. The summed E-state index contributed by atoms with van der Waals surface area (Å²) in [5.74, 6) is 0.498. The number of anilines is 2. The average molecular weight is 404 g/mol. The van der Waals surface area contributed by atoms with Gasteiger partial charge in [0.15, 0.2) is 5.65 Å². The molecule has 2 N–H and O–H groups in total. The SMILES string of the molecule is Cc1cc(NCC(=O)Nc2cccc(Cl)c2C)n2c(nc3ccccc32)c1C#N. The number of para-hydroxylation sites is 2. The number of pyridine rings is 1. The molecule has 6 nitrogen and oxygen atoms in total. The number of nitrogens with zero attached hydrogens (tertiary/aromatic N) is 3. The van der Waals surface area contributed by atoms with Crippen LogP contribution in [0.2, 0.25) is 5.02 Å². The zero-order chi connectivity index (χ0) is 20.5. The molecule has 7 heteroatoms. The zero-order valence-electron chi connectivity index (χ0n) is 16.0. The van der Waals surface area contributed by atoms with E-state index in [2.05, 4.69) is 21.7 Å². The molecule has 0 aliphatic heterocycles. The topological polar surface area (TPSA) is 82.2 Å². The van der Waals surface area contributed by atoms with Crippen molar-refractivity contribution in [2.24, 2.45) is 0 Å². The van der Waals surface area contributed by atoms with Crippen molar-refractivity contribution < 1.29 is 4.79 Å². The Kier molecular flexibility index (Phi) is 4.83. The molecule has 4 aromatic rings. The van der Waals surface area contributed by atoms with Gasteiger partial charge in [-0.2, -0.15) is 5.26 Å². The summed E-state index contributed by atoms with van der Waals surface area (Å²) in [5.41, 5.74) is 5.04. The summed E-state index contributed by atoms with van der Waals surface area (Å²) < 4.78 is 1.87. The molecule has 2 heterocycles. The number of hydrogen-bond acceptors (Lipinski definition) is 4. The molecule has 4 rings (SSSR count). The van der Waals surface area contributed by atoms with E-state index < -0.39 is 0 Å². The Labute approximate surface area is 172 Å². The number of aromatic nitrogens is 2. The molecule has 0 saturated heterocycles. The first kappa shape index (κ1) is 18.8. The van der Waals surface area contributed by atoms with Crippen LogP contribution in [0, 0.1) is 25.2 Å². The summed E-state index contributed by atoms with van der Waals surface area (Å²) >= 11 is 6.12. The van der Waals surface area contributed by atoms with Crippen LogP contribution in [-0.2, 0) is 4.79 Å². The van der Waals surface area contributed by atoms with Crippen molar-refractivity contribution in [3.05, 3.63) is 70.2 Å². The fourth-order valence-electron chi connectivity index (χ4n) is 3.33. The standard InChI is InChI=1S/C22H18ClN5O/c1-13-10-20(25-12-21(29)26-17-8-5-6-16(23)14(17)2)28-19-9-4-3-7-18(19)27-22(28)15(13)11-24/h3-10,25H,12H2,1-2H3,(H,26,29). The summed E-state index contributed by atoms with van der Waals surface area (Å²) in [6.07, 6.45) is 0. The van der Waals surface area contributed by atoms with Crippen LogP contribution in [0.25, 0.3) is 16.7 Å². The van der Waals surface area contributed by atoms with E-state index in [-0.39, 0.29) is 12.5 Å². The molecule has 2 aromatic carbocycles. The fraction of sp³-hybridized carbons (Fsp3) is 0.136. The number of fused-ring (bicyclic) bond motifs is 3. The van der Waals surface area contributed by atoms with Gasteiger partial charge in [0.05, 0.1) is 23.1 Å². The quantitative estimate of drug-likeness (QED) is 0.518. The van der Waals surface area contributed by atoms with E-state index in [9.17, 15) is 10.1 Å². The summed E-state index contributed by atoms with van der Waals surface area (Å²) in [6, 6.07) is 17.1. The summed E-state index contributed by atoms with van der Waals surface area (Å²) in [4.78, 5) is 17.1. The number of carbonyl (C=O) groups excluding carboxylic acids is 1. The van der Waals surface area contributed by atoms with E-state index in [0.29, 0.717) is 27.7 Å². The van der Waals surface area contributed by atoms with Crippen LogP contribution in [0.5, 0.6) is 0 Å². The second kappa shape index (κ2) is 7.46. The highest BCUT2D eigenvalue weighted by atomic mass is 35.5. The van der Waals surface area contributed by atoms with Gasteiger partial charge in [-0.25, -0.2) is 4.98 Å². The maximum atomic E-state index is 12.5. The van der Waals surface area contributed by atoms with Crippen molar-refractivity contribution in [2.75, 3.05) is 17.2 Å². The lowest BCUT2D eigenvalue weighted by Gasteiger charge is -2.13. The molecule has 144 valence electrons. The van der Waals surface area contributed by atoms with Crippen LogP contribution in [0.15, 0.2) is 48.5 Å². The van der Waals surface area contributed by atoms with Gasteiger partial charge in [0.25, 0.3) is 0 Å². The van der Waals surface area contributed by atoms with Gasteiger partial charge in [-0.3, -0.25) is 9.20 Å². The van der Waals surface area contributed by atoms with E-state index in [1.807, 2.05) is 54.6 Å². The van der Waals surface area contributed by atoms with E-state index in [1.165, 1.54) is 0 Å². The number of halogens is 1. The molecule has 2 aromatic heterocycles. The minimum Gasteiger partial charge on any atom is -0.362 e. The highest BCUT2D eigenvalue weighted by Crippen LogP contribution is 2.27. The average Bonchev–Trinajstić information content (AvgIpc) is 3.09. The number of nitrogens with one attached hydrogen (secondary N) is 2.